The summed E-state index contributed by atoms with van der Waals surface area (Å²) in [6, 6.07) is 9.63. The van der Waals surface area contributed by atoms with Crippen molar-refractivity contribution >= 4 is 46.4 Å². The van der Waals surface area contributed by atoms with Crippen molar-refractivity contribution in [1.82, 2.24) is 24.5 Å². The molecule has 2 amide bonds. The summed E-state index contributed by atoms with van der Waals surface area (Å²) in [6.45, 7) is 12.1. The van der Waals surface area contributed by atoms with Crippen molar-refractivity contribution in [2.75, 3.05) is 9.80 Å². The predicted molar refractivity (Wildman–Crippen MR) is 169 cm³/mol. The minimum Gasteiger partial charge on any atom is -0.292 e. The van der Waals surface area contributed by atoms with E-state index in [1.807, 2.05) is 43.5 Å². The molecule has 9 nitrogen and oxygen atoms in total. The molecule has 224 valence electrons. The van der Waals surface area contributed by atoms with Gasteiger partial charge in [0.2, 0.25) is 11.8 Å². The normalized spacial score (nSPS) is 10.7. The van der Waals surface area contributed by atoms with Crippen LogP contribution in [0.15, 0.2) is 55.4 Å². The van der Waals surface area contributed by atoms with Gasteiger partial charge < -0.3 is 0 Å². The molecule has 0 saturated heterocycles. The highest BCUT2D eigenvalue weighted by Crippen LogP contribution is 2.34. The molecule has 0 N–H and O–H groups in total. The third-order valence-corrected chi connectivity index (χ3v) is 7.69. The Balaban J connectivity index is 0.000000230. The topological polar surface area (TPSA) is 89.2 Å². The minimum atomic E-state index is -0.0443. The van der Waals surface area contributed by atoms with E-state index in [0.717, 1.165) is 59.3 Å². The minimum absolute atomic E-state index is 0.0165. The number of carbonyl (C=O) groups excluding carboxylic acids is 2. The summed E-state index contributed by atoms with van der Waals surface area (Å²) in [5, 5.41) is 9.66. The molecule has 0 radical (unpaired) electrons. The summed E-state index contributed by atoms with van der Waals surface area (Å²) in [5.74, 6) is -0.0608. The molecule has 0 fully saturated rings. The molecule has 0 bridgehead atoms. The van der Waals surface area contributed by atoms with Crippen LogP contribution in [0.2, 0.25) is 10.0 Å². The molecule has 0 unspecified atom stereocenters. The molecular weight excluding hydrogens is 573 g/mol. The van der Waals surface area contributed by atoms with Gasteiger partial charge in [0.05, 0.1) is 11.4 Å². The number of benzene rings is 2. The number of carbonyl (C=O) groups is 2. The fourth-order valence-corrected chi connectivity index (χ4v) is 5.44. The second-order valence-electron chi connectivity index (χ2n) is 9.64. The van der Waals surface area contributed by atoms with Crippen molar-refractivity contribution in [3.05, 3.63) is 87.7 Å². The summed E-state index contributed by atoms with van der Waals surface area (Å²) in [6.07, 6.45) is 9.84. The molecular formula is C31H39Cl2N7O2. The number of nitrogens with zero attached hydrogens (tertiary/aromatic N) is 7. The Morgan fingerprint density at radius 1 is 0.738 bits per heavy atom. The van der Waals surface area contributed by atoms with Gasteiger partial charge in [-0.15, -0.1) is 0 Å². The quantitative estimate of drug-likeness (QED) is 0.198. The van der Waals surface area contributed by atoms with Crippen molar-refractivity contribution in [2.24, 2.45) is 0 Å². The largest absolute Gasteiger partial charge is 0.292 e. The summed E-state index contributed by atoms with van der Waals surface area (Å²) in [7, 11) is 0. The molecule has 11 heteroatoms. The average molecular weight is 613 g/mol. The zero-order valence-corrected chi connectivity index (χ0v) is 26.7. The Bertz CT molecular complexity index is 1360. The van der Waals surface area contributed by atoms with Gasteiger partial charge in [-0.05, 0) is 66.1 Å². The number of rotatable bonds is 10. The highest BCUT2D eigenvalue weighted by Gasteiger charge is 2.22. The van der Waals surface area contributed by atoms with Gasteiger partial charge in [-0.2, -0.15) is 10.2 Å². The fourth-order valence-electron chi connectivity index (χ4n) is 4.87. The van der Waals surface area contributed by atoms with Crippen LogP contribution in [-0.2, 0) is 48.6 Å². The first-order chi connectivity index (χ1) is 20.2. The number of anilines is 2. The average Bonchev–Trinajstić information content (AvgIpc) is 3.69. The van der Waals surface area contributed by atoms with Crippen LogP contribution in [0.25, 0.3) is 0 Å². The van der Waals surface area contributed by atoms with E-state index in [1.165, 1.54) is 6.33 Å². The molecule has 4 rings (SSSR count). The van der Waals surface area contributed by atoms with E-state index in [1.54, 1.807) is 45.5 Å². The Morgan fingerprint density at radius 2 is 1.24 bits per heavy atom. The standard InChI is InChI=1S/C16H20ClN3O.C15H19ClN4O/c1-4-13-7-8-15(17)14(5-2)16(13)20(12(3)21)11-19-10-6-9-18-19;1-4-12-6-7-14(16)13(5-2)15(12)20(11(3)21)10-19-9-17-8-18-19/h6-10H,4-5,11H2,1-3H3;6-9H,4-5,10H2,1-3H3. The first-order valence-electron chi connectivity index (χ1n) is 14.1. The second kappa shape index (κ2) is 15.5. The van der Waals surface area contributed by atoms with Gasteiger partial charge in [0.1, 0.15) is 26.0 Å². The van der Waals surface area contributed by atoms with E-state index >= 15 is 0 Å². The number of aromatic nitrogens is 5. The third-order valence-electron chi connectivity index (χ3n) is 6.99. The SMILES string of the molecule is CCc1ccc(Cl)c(CC)c1N(Cn1cccn1)C(C)=O.CCc1ccc(Cl)c(CC)c1N(Cn1cncn1)C(C)=O. The Hall–Kier alpha value is -3.69. The van der Waals surface area contributed by atoms with E-state index in [4.69, 9.17) is 23.2 Å². The lowest BCUT2D eigenvalue weighted by atomic mass is 10.0. The number of hydrogen-bond acceptors (Lipinski definition) is 5. The highest BCUT2D eigenvalue weighted by molar-refractivity contribution is 6.32. The molecule has 0 spiro atoms. The summed E-state index contributed by atoms with van der Waals surface area (Å²) >= 11 is 12.6. The van der Waals surface area contributed by atoms with Crippen molar-refractivity contribution in [3.63, 3.8) is 0 Å². The zero-order chi connectivity index (χ0) is 30.8. The zero-order valence-electron chi connectivity index (χ0n) is 25.1. The number of halogens is 2. The molecule has 0 aliphatic rings. The predicted octanol–water partition coefficient (Wildman–Crippen LogP) is 6.74. The van der Waals surface area contributed by atoms with E-state index in [-0.39, 0.29) is 11.8 Å². The van der Waals surface area contributed by atoms with Crippen LogP contribution in [0.3, 0.4) is 0 Å². The Morgan fingerprint density at radius 3 is 1.60 bits per heavy atom. The van der Waals surface area contributed by atoms with E-state index in [9.17, 15) is 9.59 Å². The van der Waals surface area contributed by atoms with Crippen molar-refractivity contribution in [2.45, 2.75) is 80.6 Å². The van der Waals surface area contributed by atoms with Crippen molar-refractivity contribution in [1.29, 1.82) is 0 Å². The van der Waals surface area contributed by atoms with Gasteiger partial charge in [0, 0.05) is 36.3 Å². The number of aryl methyl sites for hydroxylation is 2. The lowest BCUT2D eigenvalue weighted by molar-refractivity contribution is -0.117. The fraction of sp³-hybridized carbons (Fsp3) is 0.387. The monoisotopic (exact) mass is 611 g/mol. The highest BCUT2D eigenvalue weighted by atomic mass is 35.5. The van der Waals surface area contributed by atoms with E-state index in [0.29, 0.717) is 23.4 Å². The van der Waals surface area contributed by atoms with Crippen LogP contribution in [0, 0.1) is 0 Å². The first-order valence-corrected chi connectivity index (χ1v) is 14.9. The van der Waals surface area contributed by atoms with Crippen LogP contribution < -0.4 is 9.80 Å². The van der Waals surface area contributed by atoms with Gasteiger partial charge in [0.15, 0.2) is 0 Å². The lowest BCUT2D eigenvalue weighted by Crippen LogP contribution is -2.32. The number of amides is 2. The molecule has 0 atom stereocenters. The van der Waals surface area contributed by atoms with Crippen molar-refractivity contribution < 1.29 is 9.59 Å². The lowest BCUT2D eigenvalue weighted by Gasteiger charge is -2.27. The van der Waals surface area contributed by atoms with Gasteiger partial charge in [-0.25, -0.2) is 9.67 Å². The third kappa shape index (κ3) is 7.77. The molecule has 0 aliphatic heterocycles. The summed E-state index contributed by atoms with van der Waals surface area (Å²) in [4.78, 5) is 31.7. The van der Waals surface area contributed by atoms with E-state index < -0.39 is 0 Å². The van der Waals surface area contributed by atoms with Crippen LogP contribution in [-0.4, -0.2) is 36.4 Å². The maximum atomic E-state index is 12.2. The molecule has 2 aromatic carbocycles. The maximum absolute atomic E-state index is 12.2. The van der Waals surface area contributed by atoms with Crippen molar-refractivity contribution in [3.8, 4) is 0 Å². The Kier molecular flexibility index (Phi) is 12.1. The van der Waals surface area contributed by atoms with Gasteiger partial charge in [-0.1, -0.05) is 63.0 Å². The molecule has 2 aromatic heterocycles. The van der Waals surface area contributed by atoms with Gasteiger partial charge in [-0.3, -0.25) is 24.1 Å². The first kappa shape index (κ1) is 32.8. The Labute approximate surface area is 258 Å². The second-order valence-corrected chi connectivity index (χ2v) is 10.5. The molecule has 4 aromatic rings. The van der Waals surface area contributed by atoms with Crippen LogP contribution >= 0.6 is 23.2 Å². The van der Waals surface area contributed by atoms with Gasteiger partial charge >= 0.3 is 0 Å². The summed E-state index contributed by atoms with van der Waals surface area (Å²) in [5.41, 5.74) is 6.06. The van der Waals surface area contributed by atoms with Crippen LogP contribution in [0.4, 0.5) is 11.4 Å². The maximum Gasteiger partial charge on any atom is 0.225 e. The molecule has 2 heterocycles. The van der Waals surface area contributed by atoms with Crippen LogP contribution in [0.1, 0.15) is 63.8 Å². The number of hydrogen-bond donors (Lipinski definition) is 0. The van der Waals surface area contributed by atoms with Gasteiger partial charge in [0.25, 0.3) is 0 Å². The van der Waals surface area contributed by atoms with Crippen LogP contribution in [0.5, 0.6) is 0 Å². The molecule has 0 aliphatic carbocycles. The van der Waals surface area contributed by atoms with E-state index in [2.05, 4.69) is 36.0 Å². The summed E-state index contributed by atoms with van der Waals surface area (Å²) < 4.78 is 3.36. The molecule has 0 saturated carbocycles. The molecule has 42 heavy (non-hydrogen) atoms. The smallest absolute Gasteiger partial charge is 0.225 e.